The van der Waals surface area contributed by atoms with E-state index >= 15 is 0 Å². The highest BCUT2D eigenvalue weighted by atomic mass is 32.1. The van der Waals surface area contributed by atoms with Crippen LogP contribution in [0.1, 0.15) is 21.9 Å². The predicted octanol–water partition coefficient (Wildman–Crippen LogP) is 4.63. The highest BCUT2D eigenvalue weighted by Crippen LogP contribution is 2.34. The molecule has 3 aromatic rings. The van der Waals surface area contributed by atoms with Crippen molar-refractivity contribution in [1.29, 1.82) is 0 Å². The Morgan fingerprint density at radius 1 is 0.737 bits per heavy atom. The topological polar surface area (TPSA) is 20.2 Å². The minimum atomic E-state index is 0.238. The van der Waals surface area contributed by atoms with Crippen LogP contribution >= 0.6 is 11.3 Å². The Morgan fingerprint density at radius 2 is 1.42 bits per heavy atom. The van der Waals surface area contributed by atoms with Crippen molar-refractivity contribution in [2.24, 2.45) is 0 Å². The van der Waals surface area contributed by atoms with E-state index in [0.29, 0.717) is 5.75 Å². The monoisotopic (exact) mass is 266 g/mol. The number of hydrogen-bond donors (Lipinski definition) is 1. The van der Waals surface area contributed by atoms with Gasteiger partial charge in [-0.3, -0.25) is 0 Å². The Balaban J connectivity index is 2.10. The molecule has 0 saturated heterocycles. The van der Waals surface area contributed by atoms with Crippen LogP contribution in [0.15, 0.2) is 72.1 Å². The Hall–Kier alpha value is -2.06. The quantitative estimate of drug-likeness (QED) is 0.732. The molecule has 0 amide bonds. The first kappa shape index (κ1) is 12.0. The molecule has 1 nitrogen and oxygen atoms in total. The molecule has 1 N–H and O–H groups in total. The third kappa shape index (κ3) is 2.54. The lowest BCUT2D eigenvalue weighted by molar-refractivity contribution is 0.475. The molecule has 94 valence electrons. The summed E-state index contributed by atoms with van der Waals surface area (Å²) in [5.41, 5.74) is 2.47. The highest BCUT2D eigenvalue weighted by Gasteiger charge is 2.17. The lowest BCUT2D eigenvalue weighted by Crippen LogP contribution is -2.00. The van der Waals surface area contributed by atoms with Crippen LogP contribution in [0.4, 0.5) is 0 Å². The molecule has 0 spiro atoms. The molecule has 0 fully saturated rings. The first-order chi connectivity index (χ1) is 9.34. The highest BCUT2D eigenvalue weighted by molar-refractivity contribution is 7.10. The largest absolute Gasteiger partial charge is 0.508 e. The minimum absolute atomic E-state index is 0.238. The van der Waals surface area contributed by atoms with Gasteiger partial charge in [0.2, 0.25) is 0 Å². The first-order valence-corrected chi connectivity index (χ1v) is 7.10. The van der Waals surface area contributed by atoms with Gasteiger partial charge in [-0.15, -0.1) is 11.3 Å². The zero-order valence-electron chi connectivity index (χ0n) is 10.4. The van der Waals surface area contributed by atoms with E-state index in [1.165, 1.54) is 16.0 Å². The Bertz CT molecular complexity index is 627. The lowest BCUT2D eigenvalue weighted by Gasteiger charge is -2.16. The molecule has 0 aliphatic carbocycles. The second-order valence-electron chi connectivity index (χ2n) is 4.45. The number of hydrogen-bond acceptors (Lipinski definition) is 2. The van der Waals surface area contributed by atoms with E-state index in [9.17, 15) is 5.11 Å². The van der Waals surface area contributed by atoms with E-state index < -0.39 is 0 Å². The molecule has 2 heteroatoms. The number of thiophene rings is 1. The second kappa shape index (κ2) is 5.29. The zero-order valence-corrected chi connectivity index (χ0v) is 11.2. The predicted molar refractivity (Wildman–Crippen MR) is 79.8 cm³/mol. The van der Waals surface area contributed by atoms with Gasteiger partial charge >= 0.3 is 0 Å². The Kier molecular flexibility index (Phi) is 3.34. The molecule has 0 bridgehead atoms. The molecule has 1 heterocycles. The fourth-order valence-electron chi connectivity index (χ4n) is 2.29. The second-order valence-corrected chi connectivity index (χ2v) is 5.43. The van der Waals surface area contributed by atoms with Crippen LogP contribution in [0.2, 0.25) is 0 Å². The van der Waals surface area contributed by atoms with Crippen LogP contribution in [0, 0.1) is 0 Å². The van der Waals surface area contributed by atoms with Gasteiger partial charge in [0.1, 0.15) is 5.75 Å². The minimum Gasteiger partial charge on any atom is -0.508 e. The summed E-state index contributed by atoms with van der Waals surface area (Å²) in [4.78, 5) is 1.32. The normalized spacial score (nSPS) is 12.2. The standard InChI is InChI=1S/C17H14OS/c18-15-10-8-14(9-11-15)17(16-7-4-12-19-16)13-5-2-1-3-6-13/h1-12,17-18H/t17-/m1/s1. The van der Waals surface area contributed by atoms with Crippen LogP contribution in [-0.4, -0.2) is 5.11 Å². The molecule has 0 radical (unpaired) electrons. The molecule has 0 aliphatic heterocycles. The van der Waals surface area contributed by atoms with Gasteiger partial charge in [0.25, 0.3) is 0 Å². The van der Waals surface area contributed by atoms with Crippen molar-refractivity contribution in [1.82, 2.24) is 0 Å². The van der Waals surface area contributed by atoms with Gasteiger partial charge in [0.15, 0.2) is 0 Å². The van der Waals surface area contributed by atoms with Crippen molar-refractivity contribution in [3.05, 3.63) is 88.1 Å². The Labute approximate surface area is 116 Å². The molecule has 0 unspecified atom stereocenters. The third-order valence-electron chi connectivity index (χ3n) is 3.19. The maximum atomic E-state index is 9.44. The Morgan fingerprint density at radius 3 is 2.05 bits per heavy atom. The van der Waals surface area contributed by atoms with Gasteiger partial charge in [0, 0.05) is 10.8 Å². The van der Waals surface area contributed by atoms with E-state index in [1.54, 1.807) is 23.5 Å². The van der Waals surface area contributed by atoms with E-state index in [1.807, 2.05) is 18.2 Å². The fourth-order valence-corrected chi connectivity index (χ4v) is 3.17. The molecular weight excluding hydrogens is 252 g/mol. The van der Waals surface area contributed by atoms with Gasteiger partial charge in [-0.2, -0.15) is 0 Å². The van der Waals surface area contributed by atoms with E-state index in [-0.39, 0.29) is 5.92 Å². The van der Waals surface area contributed by atoms with E-state index in [2.05, 4.69) is 41.8 Å². The van der Waals surface area contributed by atoms with Crippen LogP contribution in [-0.2, 0) is 0 Å². The number of rotatable bonds is 3. The lowest BCUT2D eigenvalue weighted by atomic mass is 9.90. The summed E-state index contributed by atoms with van der Waals surface area (Å²) in [7, 11) is 0. The molecule has 1 atom stereocenters. The fraction of sp³-hybridized carbons (Fsp3) is 0.0588. The van der Waals surface area contributed by atoms with Crippen molar-refractivity contribution >= 4 is 11.3 Å². The van der Waals surface area contributed by atoms with Crippen molar-refractivity contribution in [2.75, 3.05) is 0 Å². The van der Waals surface area contributed by atoms with Crippen molar-refractivity contribution in [3.63, 3.8) is 0 Å². The summed E-state index contributed by atoms with van der Waals surface area (Å²) in [6.45, 7) is 0. The van der Waals surface area contributed by atoms with Gasteiger partial charge < -0.3 is 5.11 Å². The maximum Gasteiger partial charge on any atom is 0.115 e. The molecule has 1 aromatic heterocycles. The van der Waals surface area contributed by atoms with Crippen LogP contribution in [0.5, 0.6) is 5.75 Å². The molecule has 0 aliphatic rings. The van der Waals surface area contributed by atoms with Crippen LogP contribution < -0.4 is 0 Å². The van der Waals surface area contributed by atoms with E-state index in [4.69, 9.17) is 0 Å². The van der Waals surface area contributed by atoms with Crippen molar-refractivity contribution in [2.45, 2.75) is 5.92 Å². The summed E-state index contributed by atoms with van der Waals surface area (Å²) >= 11 is 1.76. The van der Waals surface area contributed by atoms with Crippen molar-refractivity contribution in [3.8, 4) is 5.75 Å². The number of benzene rings is 2. The van der Waals surface area contributed by atoms with Crippen LogP contribution in [0.25, 0.3) is 0 Å². The summed E-state index contributed by atoms with van der Waals surface area (Å²) in [6, 6.07) is 22.2. The average Bonchev–Trinajstić information content (AvgIpc) is 2.96. The van der Waals surface area contributed by atoms with Crippen molar-refractivity contribution < 1.29 is 5.11 Å². The molecule has 19 heavy (non-hydrogen) atoms. The molecule has 0 saturated carbocycles. The van der Waals surface area contributed by atoms with Crippen LogP contribution in [0.3, 0.4) is 0 Å². The van der Waals surface area contributed by atoms with Gasteiger partial charge in [-0.05, 0) is 34.7 Å². The maximum absolute atomic E-state index is 9.44. The smallest absolute Gasteiger partial charge is 0.115 e. The first-order valence-electron chi connectivity index (χ1n) is 6.22. The number of aromatic hydroxyl groups is 1. The zero-order chi connectivity index (χ0) is 13.1. The van der Waals surface area contributed by atoms with Gasteiger partial charge in [-0.1, -0.05) is 48.5 Å². The summed E-state index contributed by atoms with van der Waals surface area (Å²) < 4.78 is 0. The molecular formula is C17H14OS. The molecule has 3 rings (SSSR count). The van der Waals surface area contributed by atoms with E-state index in [0.717, 1.165) is 0 Å². The number of phenols is 1. The SMILES string of the molecule is Oc1ccc([C@@H](c2ccccc2)c2cccs2)cc1. The number of phenolic OH excluding ortho intramolecular Hbond substituents is 1. The third-order valence-corrected chi connectivity index (χ3v) is 4.12. The van der Waals surface area contributed by atoms with Gasteiger partial charge in [-0.25, -0.2) is 0 Å². The summed E-state index contributed by atoms with van der Waals surface area (Å²) in [6.07, 6.45) is 0. The summed E-state index contributed by atoms with van der Waals surface area (Å²) in [5, 5.41) is 11.5. The summed E-state index contributed by atoms with van der Waals surface area (Å²) in [5.74, 6) is 0.545. The van der Waals surface area contributed by atoms with Gasteiger partial charge in [0.05, 0.1) is 0 Å². The molecule has 2 aromatic carbocycles. The average molecular weight is 266 g/mol.